The van der Waals surface area contributed by atoms with Crippen LogP contribution >= 0.6 is 0 Å². The van der Waals surface area contributed by atoms with Gasteiger partial charge < -0.3 is 23.8 Å². The summed E-state index contributed by atoms with van der Waals surface area (Å²) in [4.78, 5) is 14.2. The highest BCUT2D eigenvalue weighted by atomic mass is 16.5. The Balaban J connectivity index is 1.51. The molecule has 2 aromatic rings. The number of carbonyl (C=O) groups excluding carboxylic acids is 1. The maximum atomic E-state index is 12.5. The summed E-state index contributed by atoms with van der Waals surface area (Å²) in [6.45, 7) is 2.81. The van der Waals surface area contributed by atoms with E-state index in [2.05, 4.69) is 0 Å². The highest BCUT2D eigenvalue weighted by molar-refractivity contribution is 5.81. The van der Waals surface area contributed by atoms with Crippen molar-refractivity contribution in [3.05, 3.63) is 48.5 Å². The second-order valence-corrected chi connectivity index (χ2v) is 6.07. The van der Waals surface area contributed by atoms with E-state index in [-0.39, 0.29) is 12.0 Å². The average Bonchev–Trinajstić information content (AvgIpc) is 2.64. The molecule has 1 atom stereocenters. The van der Waals surface area contributed by atoms with Gasteiger partial charge in [0.15, 0.2) is 17.6 Å². The van der Waals surface area contributed by atoms with Crippen LogP contribution in [0.25, 0.3) is 0 Å². The third-order valence-corrected chi connectivity index (χ3v) is 4.22. The molecule has 1 aliphatic rings. The van der Waals surface area contributed by atoms with Crippen LogP contribution in [0, 0.1) is 0 Å². The number of benzene rings is 2. The van der Waals surface area contributed by atoms with Crippen molar-refractivity contribution in [2.75, 3.05) is 27.3 Å². The molecule has 0 spiro atoms. The minimum atomic E-state index is -0.575. The molecule has 1 heterocycles. The number of nitrogens with zero attached hydrogens (tertiary/aromatic N) is 1. The van der Waals surface area contributed by atoms with Crippen LogP contribution in [0.3, 0.4) is 0 Å². The Hall–Kier alpha value is -2.89. The van der Waals surface area contributed by atoms with Crippen LogP contribution in [0.2, 0.25) is 0 Å². The van der Waals surface area contributed by atoms with E-state index >= 15 is 0 Å². The summed E-state index contributed by atoms with van der Waals surface area (Å²) in [6.07, 6.45) is -0.617. The number of methoxy groups -OCH3 is 2. The normalized spacial score (nSPS) is 15.0. The monoisotopic (exact) mass is 357 g/mol. The molecule has 1 amide bonds. The minimum absolute atomic E-state index is 0.0423. The van der Waals surface area contributed by atoms with Crippen LogP contribution in [0.15, 0.2) is 48.5 Å². The molecule has 6 heteroatoms. The molecule has 1 aliphatic heterocycles. The Morgan fingerprint density at radius 3 is 2.38 bits per heavy atom. The number of hydrogen-bond acceptors (Lipinski definition) is 5. The van der Waals surface area contributed by atoms with Crippen molar-refractivity contribution in [2.24, 2.45) is 0 Å². The summed E-state index contributed by atoms with van der Waals surface area (Å²) < 4.78 is 22.1. The van der Waals surface area contributed by atoms with Crippen LogP contribution < -0.4 is 18.9 Å². The predicted molar refractivity (Wildman–Crippen MR) is 97.1 cm³/mol. The molecule has 0 radical (unpaired) electrons. The molecule has 3 rings (SSSR count). The van der Waals surface area contributed by atoms with E-state index in [9.17, 15) is 4.79 Å². The number of rotatable bonds is 7. The van der Waals surface area contributed by atoms with Crippen molar-refractivity contribution in [3.8, 4) is 23.0 Å². The maximum absolute atomic E-state index is 12.5. The molecule has 0 aliphatic carbocycles. The van der Waals surface area contributed by atoms with E-state index in [0.717, 1.165) is 0 Å². The van der Waals surface area contributed by atoms with Crippen molar-refractivity contribution >= 4 is 5.91 Å². The Bertz CT molecular complexity index is 757. The fourth-order valence-electron chi connectivity index (χ4n) is 2.77. The third kappa shape index (κ3) is 4.02. The van der Waals surface area contributed by atoms with Crippen LogP contribution in [0.1, 0.15) is 6.92 Å². The summed E-state index contributed by atoms with van der Waals surface area (Å²) in [5.41, 5.74) is 0. The van der Waals surface area contributed by atoms with Gasteiger partial charge in [0.05, 0.1) is 27.3 Å². The van der Waals surface area contributed by atoms with Gasteiger partial charge in [0.2, 0.25) is 0 Å². The first-order chi connectivity index (χ1) is 12.6. The van der Waals surface area contributed by atoms with Crippen molar-refractivity contribution in [2.45, 2.75) is 19.1 Å². The number of ether oxygens (including phenoxy) is 4. The molecular weight excluding hydrogens is 334 g/mol. The number of likely N-dealkylation sites (tertiary alicyclic amines) is 1. The molecule has 0 bridgehead atoms. The van der Waals surface area contributed by atoms with Gasteiger partial charge >= 0.3 is 0 Å². The molecule has 0 aromatic heterocycles. The summed E-state index contributed by atoms with van der Waals surface area (Å²) in [5.74, 6) is 2.61. The minimum Gasteiger partial charge on any atom is -0.497 e. The summed E-state index contributed by atoms with van der Waals surface area (Å²) in [6, 6.07) is 14.7. The molecule has 0 saturated carbocycles. The Labute approximate surface area is 153 Å². The van der Waals surface area contributed by atoms with Crippen molar-refractivity contribution in [3.63, 3.8) is 0 Å². The average molecular weight is 357 g/mol. The SMILES string of the molecule is COc1cccc(O[C@H](C)C(=O)N2CC(Oc3ccccc3OC)C2)c1. The smallest absolute Gasteiger partial charge is 0.263 e. The van der Waals surface area contributed by atoms with E-state index in [1.54, 1.807) is 38.2 Å². The number of para-hydroxylation sites is 2. The maximum Gasteiger partial charge on any atom is 0.263 e. The van der Waals surface area contributed by atoms with Gasteiger partial charge in [-0.2, -0.15) is 0 Å². The molecule has 6 nitrogen and oxygen atoms in total. The molecule has 0 unspecified atom stereocenters. The van der Waals surface area contributed by atoms with Crippen LogP contribution in [0.5, 0.6) is 23.0 Å². The highest BCUT2D eigenvalue weighted by Crippen LogP contribution is 2.29. The first kappa shape index (κ1) is 17.9. The summed E-state index contributed by atoms with van der Waals surface area (Å²) >= 11 is 0. The van der Waals surface area contributed by atoms with Crippen LogP contribution in [-0.2, 0) is 4.79 Å². The van der Waals surface area contributed by atoms with Crippen molar-refractivity contribution in [1.82, 2.24) is 4.90 Å². The van der Waals surface area contributed by atoms with Crippen molar-refractivity contribution < 1.29 is 23.7 Å². The van der Waals surface area contributed by atoms with E-state index in [1.807, 2.05) is 36.4 Å². The molecule has 1 saturated heterocycles. The fourth-order valence-corrected chi connectivity index (χ4v) is 2.77. The van der Waals surface area contributed by atoms with Crippen molar-refractivity contribution in [1.29, 1.82) is 0 Å². The number of amides is 1. The van der Waals surface area contributed by atoms with E-state index in [0.29, 0.717) is 36.1 Å². The Morgan fingerprint density at radius 1 is 1.00 bits per heavy atom. The number of carbonyl (C=O) groups is 1. The van der Waals surface area contributed by atoms with Gasteiger partial charge in [0.25, 0.3) is 5.91 Å². The standard InChI is InChI=1S/C20H23NO5/c1-14(25-16-8-6-7-15(11-16)23-2)20(22)21-12-17(13-21)26-19-10-5-4-9-18(19)24-3/h4-11,14,17H,12-13H2,1-3H3/t14-/m1/s1. The lowest BCUT2D eigenvalue weighted by Gasteiger charge is -2.40. The third-order valence-electron chi connectivity index (χ3n) is 4.22. The van der Waals surface area contributed by atoms with Gasteiger partial charge in [-0.25, -0.2) is 0 Å². The van der Waals surface area contributed by atoms with Gasteiger partial charge in [-0.05, 0) is 31.2 Å². The molecular formula is C20H23NO5. The second kappa shape index (κ2) is 7.99. The van der Waals surface area contributed by atoms with Gasteiger partial charge in [-0.3, -0.25) is 4.79 Å². The van der Waals surface area contributed by atoms with E-state index < -0.39 is 6.10 Å². The van der Waals surface area contributed by atoms with Gasteiger partial charge in [-0.15, -0.1) is 0 Å². The first-order valence-electron chi connectivity index (χ1n) is 8.50. The zero-order chi connectivity index (χ0) is 18.5. The highest BCUT2D eigenvalue weighted by Gasteiger charge is 2.35. The van der Waals surface area contributed by atoms with Crippen LogP contribution in [-0.4, -0.2) is 50.3 Å². The lowest BCUT2D eigenvalue weighted by molar-refractivity contribution is -0.146. The van der Waals surface area contributed by atoms with Gasteiger partial charge in [0.1, 0.15) is 17.6 Å². The first-order valence-corrected chi connectivity index (χ1v) is 8.50. The summed E-state index contributed by atoms with van der Waals surface area (Å²) in [5, 5.41) is 0. The lowest BCUT2D eigenvalue weighted by Crippen LogP contribution is -2.58. The number of hydrogen-bond donors (Lipinski definition) is 0. The molecule has 1 fully saturated rings. The second-order valence-electron chi connectivity index (χ2n) is 6.07. The Morgan fingerprint density at radius 2 is 1.69 bits per heavy atom. The van der Waals surface area contributed by atoms with E-state index in [4.69, 9.17) is 18.9 Å². The van der Waals surface area contributed by atoms with Gasteiger partial charge in [-0.1, -0.05) is 18.2 Å². The van der Waals surface area contributed by atoms with Gasteiger partial charge in [0, 0.05) is 6.07 Å². The Kier molecular flexibility index (Phi) is 5.51. The zero-order valence-electron chi connectivity index (χ0n) is 15.2. The molecule has 138 valence electrons. The topological polar surface area (TPSA) is 57.2 Å². The zero-order valence-corrected chi connectivity index (χ0v) is 15.2. The quantitative estimate of drug-likeness (QED) is 0.763. The van der Waals surface area contributed by atoms with E-state index in [1.165, 1.54) is 0 Å². The fraction of sp³-hybridized carbons (Fsp3) is 0.350. The lowest BCUT2D eigenvalue weighted by atomic mass is 10.1. The predicted octanol–water partition coefficient (Wildman–Crippen LogP) is 2.76. The molecule has 26 heavy (non-hydrogen) atoms. The molecule has 2 aromatic carbocycles. The molecule has 0 N–H and O–H groups in total. The van der Waals surface area contributed by atoms with Crippen LogP contribution in [0.4, 0.5) is 0 Å². The summed E-state index contributed by atoms with van der Waals surface area (Å²) in [7, 11) is 3.20. The largest absolute Gasteiger partial charge is 0.497 e.